The third-order valence-corrected chi connectivity index (χ3v) is 2.71. The molecule has 0 aliphatic heterocycles. The van der Waals surface area contributed by atoms with Crippen LogP contribution in [-0.4, -0.2) is 16.7 Å². The summed E-state index contributed by atoms with van der Waals surface area (Å²) in [5.74, 6) is 0.752. The molecule has 0 spiro atoms. The SMILES string of the molecule is CC(C)CCCC1(O)CC(N)C1. The first kappa shape index (κ1) is 10.0. The molecule has 1 rings (SSSR count). The van der Waals surface area contributed by atoms with Gasteiger partial charge in [-0.3, -0.25) is 0 Å². The van der Waals surface area contributed by atoms with Crippen molar-refractivity contribution < 1.29 is 5.11 Å². The van der Waals surface area contributed by atoms with Crippen LogP contribution in [0.15, 0.2) is 0 Å². The van der Waals surface area contributed by atoms with E-state index in [0.717, 1.165) is 31.6 Å². The molecule has 1 aliphatic carbocycles. The van der Waals surface area contributed by atoms with Gasteiger partial charge in [-0.1, -0.05) is 26.7 Å². The lowest BCUT2D eigenvalue weighted by molar-refractivity contribution is -0.0550. The van der Waals surface area contributed by atoms with Crippen LogP contribution >= 0.6 is 0 Å². The largest absolute Gasteiger partial charge is 0.390 e. The van der Waals surface area contributed by atoms with Crippen molar-refractivity contribution in [1.29, 1.82) is 0 Å². The van der Waals surface area contributed by atoms with E-state index in [9.17, 15) is 5.11 Å². The maximum Gasteiger partial charge on any atom is 0.0677 e. The van der Waals surface area contributed by atoms with Crippen LogP contribution in [0, 0.1) is 5.92 Å². The third kappa shape index (κ3) is 2.76. The minimum atomic E-state index is -0.395. The van der Waals surface area contributed by atoms with Crippen molar-refractivity contribution >= 4 is 0 Å². The maximum absolute atomic E-state index is 9.81. The summed E-state index contributed by atoms with van der Waals surface area (Å²) in [7, 11) is 0. The Labute approximate surface area is 75.2 Å². The second-order valence-corrected chi connectivity index (χ2v) is 4.68. The topological polar surface area (TPSA) is 46.2 Å². The minimum Gasteiger partial charge on any atom is -0.390 e. The van der Waals surface area contributed by atoms with E-state index in [2.05, 4.69) is 13.8 Å². The van der Waals surface area contributed by atoms with Crippen LogP contribution in [0.1, 0.15) is 46.0 Å². The number of aliphatic hydroxyl groups is 1. The number of hydrogen-bond donors (Lipinski definition) is 2. The first-order chi connectivity index (χ1) is 5.52. The van der Waals surface area contributed by atoms with E-state index in [-0.39, 0.29) is 6.04 Å². The fourth-order valence-electron chi connectivity index (χ4n) is 1.96. The Balaban J connectivity index is 2.07. The first-order valence-electron chi connectivity index (χ1n) is 5.00. The summed E-state index contributed by atoms with van der Waals surface area (Å²) >= 11 is 0. The van der Waals surface area contributed by atoms with Gasteiger partial charge in [-0.05, 0) is 25.2 Å². The molecule has 0 amide bonds. The predicted octanol–water partition coefficient (Wildman–Crippen LogP) is 1.66. The first-order valence-corrected chi connectivity index (χ1v) is 5.00. The van der Waals surface area contributed by atoms with Crippen LogP contribution in [0.25, 0.3) is 0 Å². The summed E-state index contributed by atoms with van der Waals surface area (Å²) in [6.07, 6.45) is 4.92. The normalized spacial score (nSPS) is 35.2. The molecule has 0 heterocycles. The van der Waals surface area contributed by atoms with Crippen molar-refractivity contribution in [3.63, 3.8) is 0 Å². The highest BCUT2D eigenvalue weighted by Crippen LogP contribution is 2.35. The second-order valence-electron chi connectivity index (χ2n) is 4.68. The Bertz CT molecular complexity index is 139. The summed E-state index contributed by atoms with van der Waals surface area (Å²) in [6, 6.07) is 0.258. The van der Waals surface area contributed by atoms with E-state index in [4.69, 9.17) is 5.73 Å². The smallest absolute Gasteiger partial charge is 0.0677 e. The van der Waals surface area contributed by atoms with Gasteiger partial charge in [0.25, 0.3) is 0 Å². The summed E-state index contributed by atoms with van der Waals surface area (Å²) in [6.45, 7) is 4.44. The molecule has 0 aromatic rings. The molecule has 1 fully saturated rings. The van der Waals surface area contributed by atoms with Gasteiger partial charge in [0, 0.05) is 6.04 Å². The molecule has 1 saturated carbocycles. The fourth-order valence-corrected chi connectivity index (χ4v) is 1.96. The number of hydrogen-bond acceptors (Lipinski definition) is 2. The van der Waals surface area contributed by atoms with Crippen LogP contribution in [-0.2, 0) is 0 Å². The van der Waals surface area contributed by atoms with Gasteiger partial charge in [0.05, 0.1) is 5.60 Å². The lowest BCUT2D eigenvalue weighted by Crippen LogP contribution is -2.51. The van der Waals surface area contributed by atoms with Gasteiger partial charge in [-0.15, -0.1) is 0 Å². The molecule has 72 valence electrons. The molecule has 0 atom stereocenters. The van der Waals surface area contributed by atoms with Crippen LogP contribution in [0.2, 0.25) is 0 Å². The highest BCUT2D eigenvalue weighted by Gasteiger charge is 2.39. The van der Waals surface area contributed by atoms with Gasteiger partial charge in [-0.25, -0.2) is 0 Å². The molecule has 0 aromatic carbocycles. The summed E-state index contributed by atoms with van der Waals surface area (Å²) in [4.78, 5) is 0. The van der Waals surface area contributed by atoms with Gasteiger partial charge in [-0.2, -0.15) is 0 Å². The lowest BCUT2D eigenvalue weighted by Gasteiger charge is -2.42. The summed E-state index contributed by atoms with van der Waals surface area (Å²) in [5, 5.41) is 9.81. The van der Waals surface area contributed by atoms with Crippen molar-refractivity contribution in [2.75, 3.05) is 0 Å². The van der Waals surface area contributed by atoms with Gasteiger partial charge < -0.3 is 10.8 Å². The molecule has 2 nitrogen and oxygen atoms in total. The standard InChI is InChI=1S/C10H21NO/c1-8(2)4-3-5-10(12)6-9(11)7-10/h8-9,12H,3-7,11H2,1-2H3. The van der Waals surface area contributed by atoms with Gasteiger partial charge >= 0.3 is 0 Å². The Morgan fingerprint density at radius 2 is 2.08 bits per heavy atom. The monoisotopic (exact) mass is 171 g/mol. The van der Waals surface area contributed by atoms with E-state index in [0.29, 0.717) is 0 Å². The van der Waals surface area contributed by atoms with Crippen LogP contribution < -0.4 is 5.73 Å². The summed E-state index contributed by atoms with van der Waals surface area (Å²) in [5.41, 5.74) is 5.23. The zero-order valence-corrected chi connectivity index (χ0v) is 8.21. The predicted molar refractivity (Wildman–Crippen MR) is 50.8 cm³/mol. The molecule has 0 saturated heterocycles. The highest BCUT2D eigenvalue weighted by atomic mass is 16.3. The van der Waals surface area contributed by atoms with Gasteiger partial charge in [0.2, 0.25) is 0 Å². The zero-order valence-electron chi connectivity index (χ0n) is 8.21. The Morgan fingerprint density at radius 1 is 1.50 bits per heavy atom. The van der Waals surface area contributed by atoms with Crippen molar-refractivity contribution in [2.24, 2.45) is 11.7 Å². The second kappa shape index (κ2) is 3.75. The quantitative estimate of drug-likeness (QED) is 0.676. The maximum atomic E-state index is 9.81. The molecule has 1 aliphatic rings. The van der Waals surface area contributed by atoms with Crippen molar-refractivity contribution in [3.8, 4) is 0 Å². The number of rotatable bonds is 4. The molecule has 0 radical (unpaired) electrons. The average molecular weight is 171 g/mol. The van der Waals surface area contributed by atoms with E-state index in [1.54, 1.807) is 0 Å². The molecule has 3 N–H and O–H groups in total. The zero-order chi connectivity index (χ0) is 9.19. The van der Waals surface area contributed by atoms with Crippen molar-refractivity contribution in [3.05, 3.63) is 0 Å². The Kier molecular flexibility index (Phi) is 3.13. The van der Waals surface area contributed by atoms with E-state index in [1.807, 2.05) is 0 Å². The van der Waals surface area contributed by atoms with Crippen molar-refractivity contribution in [2.45, 2.75) is 57.6 Å². The summed E-state index contributed by atoms with van der Waals surface area (Å²) < 4.78 is 0. The van der Waals surface area contributed by atoms with Gasteiger partial charge in [0.1, 0.15) is 0 Å². The number of nitrogens with two attached hydrogens (primary N) is 1. The molecular weight excluding hydrogens is 150 g/mol. The van der Waals surface area contributed by atoms with E-state index in [1.165, 1.54) is 6.42 Å². The fraction of sp³-hybridized carbons (Fsp3) is 1.00. The minimum absolute atomic E-state index is 0.258. The van der Waals surface area contributed by atoms with E-state index >= 15 is 0 Å². The molecule has 0 bridgehead atoms. The van der Waals surface area contributed by atoms with Gasteiger partial charge in [0.15, 0.2) is 0 Å². The highest BCUT2D eigenvalue weighted by molar-refractivity contribution is 4.96. The average Bonchev–Trinajstić information content (AvgIpc) is 1.83. The third-order valence-electron chi connectivity index (χ3n) is 2.71. The van der Waals surface area contributed by atoms with Crippen molar-refractivity contribution in [1.82, 2.24) is 0 Å². The molecule has 2 heteroatoms. The molecule has 12 heavy (non-hydrogen) atoms. The van der Waals surface area contributed by atoms with E-state index < -0.39 is 5.60 Å². The van der Waals surface area contributed by atoms with Crippen LogP contribution in [0.5, 0.6) is 0 Å². The van der Waals surface area contributed by atoms with Crippen LogP contribution in [0.4, 0.5) is 0 Å². The Hall–Kier alpha value is -0.0800. The molecule has 0 unspecified atom stereocenters. The molecule has 0 aromatic heterocycles. The molecular formula is C10H21NO. The Morgan fingerprint density at radius 3 is 2.50 bits per heavy atom. The van der Waals surface area contributed by atoms with Crippen LogP contribution in [0.3, 0.4) is 0 Å². The lowest BCUT2D eigenvalue weighted by atomic mass is 9.73.